The fourth-order valence-corrected chi connectivity index (χ4v) is 4.29. The molecule has 4 rings (SSSR count). The van der Waals surface area contributed by atoms with Crippen molar-refractivity contribution in [1.82, 2.24) is 4.98 Å². The third-order valence-corrected chi connectivity index (χ3v) is 5.48. The van der Waals surface area contributed by atoms with Crippen molar-refractivity contribution < 1.29 is 26.7 Å². The van der Waals surface area contributed by atoms with E-state index in [9.17, 15) is 5.11 Å². The third kappa shape index (κ3) is 3.44. The normalized spacial score (nSPS) is 24.1. The zero-order chi connectivity index (χ0) is 16.4. The molecule has 1 aliphatic carbocycles. The molecule has 1 fully saturated rings. The predicted molar refractivity (Wildman–Crippen MR) is 93.4 cm³/mol. The minimum atomic E-state index is -1.01. The average molecular weight is 404 g/mol. The number of aliphatic hydroxyl groups is 1. The van der Waals surface area contributed by atoms with Gasteiger partial charge in [0, 0.05) is 11.6 Å². The van der Waals surface area contributed by atoms with Crippen LogP contribution in [0.4, 0.5) is 5.95 Å². The highest BCUT2D eigenvalue weighted by molar-refractivity contribution is 5.39. The Kier molecular flexibility index (Phi) is 5.74. The Balaban J connectivity index is 0.00000182. The smallest absolute Gasteiger partial charge is 0.397 e. The van der Waals surface area contributed by atoms with E-state index in [4.69, 9.17) is 0 Å². The average Bonchev–Trinajstić information content (AvgIpc) is 2.89. The van der Waals surface area contributed by atoms with E-state index in [-0.39, 0.29) is 17.0 Å². The Morgan fingerprint density at radius 2 is 1.68 bits per heavy atom. The highest BCUT2D eigenvalue weighted by Gasteiger charge is 2.54. The van der Waals surface area contributed by atoms with Crippen molar-refractivity contribution in [3.05, 3.63) is 54.4 Å². The molecule has 2 heterocycles. The Bertz CT molecular complexity index is 688. The van der Waals surface area contributed by atoms with E-state index >= 15 is 0 Å². The van der Waals surface area contributed by atoms with Crippen LogP contribution in [-0.4, -0.2) is 16.1 Å². The molecule has 0 spiro atoms. The van der Waals surface area contributed by atoms with Crippen molar-refractivity contribution >= 4 is 5.95 Å². The quantitative estimate of drug-likeness (QED) is 0.725. The van der Waals surface area contributed by atoms with Crippen molar-refractivity contribution in [1.29, 1.82) is 0 Å². The highest BCUT2D eigenvalue weighted by Crippen LogP contribution is 2.38. The van der Waals surface area contributed by atoms with Crippen LogP contribution in [0.5, 0.6) is 0 Å². The van der Waals surface area contributed by atoms with E-state index in [0.29, 0.717) is 12.6 Å². The van der Waals surface area contributed by atoms with E-state index in [1.807, 2.05) is 48.8 Å². The molecule has 1 N–H and O–H groups in total. The van der Waals surface area contributed by atoms with Crippen molar-refractivity contribution in [2.75, 3.05) is 4.90 Å². The summed E-state index contributed by atoms with van der Waals surface area (Å²) in [6, 6.07) is 12.4. The number of nitrogens with zero attached hydrogens (tertiary/aromatic N) is 3. The summed E-state index contributed by atoms with van der Waals surface area (Å²) in [6.45, 7) is 0.538. The molecule has 5 heteroatoms. The third-order valence-electron chi connectivity index (χ3n) is 5.48. The van der Waals surface area contributed by atoms with Gasteiger partial charge in [0.05, 0.1) is 12.2 Å². The van der Waals surface area contributed by atoms with E-state index in [0.717, 1.165) is 24.4 Å². The molecule has 1 aromatic heterocycles. The molecule has 2 aromatic rings. The van der Waals surface area contributed by atoms with Gasteiger partial charge in [0.1, 0.15) is 12.7 Å². The van der Waals surface area contributed by atoms with Crippen LogP contribution in [-0.2, 0) is 12.3 Å². The lowest BCUT2D eigenvalue weighted by molar-refractivity contribution is -0.685. The molecule has 1 aliphatic heterocycles. The van der Waals surface area contributed by atoms with Gasteiger partial charge in [-0.1, -0.05) is 67.4 Å². The Hall–Kier alpha value is -1.46. The van der Waals surface area contributed by atoms with E-state index < -0.39 is 5.72 Å². The lowest BCUT2D eigenvalue weighted by Gasteiger charge is -2.35. The molecule has 1 saturated carbocycles. The van der Waals surface area contributed by atoms with Crippen LogP contribution in [0.2, 0.25) is 0 Å². The molecule has 4 nitrogen and oxygen atoms in total. The fourth-order valence-electron chi connectivity index (χ4n) is 4.29. The van der Waals surface area contributed by atoms with Crippen LogP contribution in [0.3, 0.4) is 0 Å². The predicted octanol–water partition coefficient (Wildman–Crippen LogP) is 0.151. The second-order valence-electron chi connectivity index (χ2n) is 7.10. The van der Waals surface area contributed by atoms with Crippen molar-refractivity contribution in [3.63, 3.8) is 0 Å². The van der Waals surface area contributed by atoms with Gasteiger partial charge < -0.3 is 22.1 Å². The van der Waals surface area contributed by atoms with Gasteiger partial charge >= 0.3 is 5.95 Å². The lowest BCUT2D eigenvalue weighted by Crippen LogP contribution is -3.00. The molecule has 134 valence electrons. The van der Waals surface area contributed by atoms with Gasteiger partial charge in [-0.25, -0.2) is 9.47 Å². The first kappa shape index (κ1) is 18.3. The van der Waals surface area contributed by atoms with Crippen LogP contribution in [0.15, 0.2) is 48.8 Å². The summed E-state index contributed by atoms with van der Waals surface area (Å²) in [5.41, 5.74) is -0.0514. The van der Waals surface area contributed by atoms with E-state index in [2.05, 4.69) is 14.5 Å². The molecule has 0 amide bonds. The number of fused-ring (bicyclic) bond motifs is 1. The molecule has 1 aromatic carbocycles. The Morgan fingerprint density at radius 1 is 1.00 bits per heavy atom. The standard InChI is InChI=1S/C20H26N3O.BrH/c24-20(17-10-5-4-6-11-17)16-22-15-9-14-21-19(22)23(20)18-12-7-2-1-3-8-13-18;/h4-6,9-11,14-15,18,24H,1-3,7-8,12-13,16H2;1H/q+1;/p-1/t20-;/m1./s1. The minimum Gasteiger partial charge on any atom is -1.00 e. The second-order valence-corrected chi connectivity index (χ2v) is 7.10. The van der Waals surface area contributed by atoms with Gasteiger partial charge in [-0.05, 0) is 12.8 Å². The van der Waals surface area contributed by atoms with Crippen LogP contribution < -0.4 is 26.4 Å². The number of hydrogen-bond acceptors (Lipinski definition) is 3. The van der Waals surface area contributed by atoms with Gasteiger partial charge in [-0.3, -0.25) is 0 Å². The summed E-state index contributed by atoms with van der Waals surface area (Å²) in [4.78, 5) is 6.82. The maximum absolute atomic E-state index is 11.7. The van der Waals surface area contributed by atoms with Gasteiger partial charge in [-0.2, -0.15) is 0 Å². The lowest BCUT2D eigenvalue weighted by atomic mass is 9.92. The molecular formula is C20H26BrN3O. The van der Waals surface area contributed by atoms with Crippen molar-refractivity contribution in [2.45, 2.75) is 63.3 Å². The van der Waals surface area contributed by atoms with E-state index in [1.54, 1.807) is 0 Å². The van der Waals surface area contributed by atoms with Crippen LogP contribution >= 0.6 is 0 Å². The number of aromatic nitrogens is 2. The summed E-state index contributed by atoms with van der Waals surface area (Å²) < 4.78 is 2.09. The summed E-state index contributed by atoms with van der Waals surface area (Å²) in [5, 5.41) is 11.7. The Morgan fingerprint density at radius 3 is 2.40 bits per heavy atom. The van der Waals surface area contributed by atoms with E-state index in [1.165, 1.54) is 32.1 Å². The second kappa shape index (κ2) is 7.83. The SMILES string of the molecule is O[C@@]1(c2ccccc2)C[n+]2cccnc2N1C1CCCCCCC1.[Br-]. The molecule has 1 atom stereocenters. The van der Waals surface area contributed by atoms with Gasteiger partial charge in [0.2, 0.25) is 5.72 Å². The van der Waals surface area contributed by atoms with Crippen LogP contribution in [0, 0.1) is 0 Å². The topological polar surface area (TPSA) is 40.2 Å². The zero-order valence-corrected chi connectivity index (χ0v) is 16.1. The van der Waals surface area contributed by atoms with Crippen molar-refractivity contribution in [2.24, 2.45) is 0 Å². The molecule has 25 heavy (non-hydrogen) atoms. The summed E-state index contributed by atoms with van der Waals surface area (Å²) in [7, 11) is 0. The molecular weight excluding hydrogens is 378 g/mol. The van der Waals surface area contributed by atoms with Crippen molar-refractivity contribution in [3.8, 4) is 0 Å². The number of rotatable bonds is 2. The van der Waals surface area contributed by atoms with Crippen LogP contribution in [0.25, 0.3) is 0 Å². The molecule has 0 saturated heterocycles. The first-order chi connectivity index (χ1) is 11.8. The fraction of sp³-hybridized carbons (Fsp3) is 0.500. The first-order valence-electron chi connectivity index (χ1n) is 9.21. The van der Waals surface area contributed by atoms with Gasteiger partial charge in [0.25, 0.3) is 0 Å². The largest absolute Gasteiger partial charge is 1.00 e. The van der Waals surface area contributed by atoms with Gasteiger partial charge in [0.15, 0.2) is 0 Å². The van der Waals surface area contributed by atoms with Crippen LogP contribution in [0.1, 0.15) is 50.5 Å². The number of hydrogen-bond donors (Lipinski definition) is 1. The number of halogens is 1. The summed E-state index contributed by atoms with van der Waals surface area (Å²) in [5.74, 6) is 0.898. The zero-order valence-electron chi connectivity index (χ0n) is 14.5. The van der Waals surface area contributed by atoms with Gasteiger partial charge in [-0.15, -0.1) is 0 Å². The maximum atomic E-state index is 11.7. The first-order valence-corrected chi connectivity index (χ1v) is 9.21. The summed E-state index contributed by atoms with van der Waals surface area (Å²) >= 11 is 0. The summed E-state index contributed by atoms with van der Waals surface area (Å²) in [6.07, 6.45) is 12.5. The molecule has 0 bridgehead atoms. The number of anilines is 1. The monoisotopic (exact) mass is 403 g/mol. The number of benzene rings is 1. The molecule has 2 aliphatic rings. The Labute approximate surface area is 160 Å². The maximum Gasteiger partial charge on any atom is 0.397 e. The molecule has 0 unspecified atom stereocenters. The highest BCUT2D eigenvalue weighted by atomic mass is 79.9. The minimum absolute atomic E-state index is 0. The molecule has 0 radical (unpaired) electrons.